The maximum atomic E-state index is 12.1. The average Bonchev–Trinajstić information content (AvgIpc) is 2.37. The minimum Gasteiger partial charge on any atom is -0.392 e. The predicted octanol–water partition coefficient (Wildman–Crippen LogP) is 0.803. The van der Waals surface area contributed by atoms with Crippen molar-refractivity contribution in [1.82, 2.24) is 15.2 Å². The molecule has 1 heterocycles. The van der Waals surface area contributed by atoms with Gasteiger partial charge in [-0.3, -0.25) is 0 Å². The van der Waals surface area contributed by atoms with Crippen LogP contribution in [0.5, 0.6) is 0 Å². The Bertz CT molecular complexity index is 588. The van der Waals surface area contributed by atoms with Gasteiger partial charge in [-0.05, 0) is 19.3 Å². The van der Waals surface area contributed by atoms with Gasteiger partial charge in [-0.25, -0.2) is 18.1 Å². The van der Waals surface area contributed by atoms with Gasteiger partial charge >= 0.3 is 0 Å². The number of aryl methyl sites for hydroxylation is 2. The summed E-state index contributed by atoms with van der Waals surface area (Å²) in [5, 5.41) is 6.82. The van der Waals surface area contributed by atoms with E-state index < -0.39 is 15.3 Å². The third kappa shape index (κ3) is 3.83. The van der Waals surface area contributed by atoms with E-state index in [0.29, 0.717) is 12.8 Å². The quantitative estimate of drug-likeness (QED) is 0.716. The Balaban J connectivity index is 3.06. The van der Waals surface area contributed by atoms with E-state index >= 15 is 0 Å². The highest BCUT2D eigenvalue weighted by Crippen LogP contribution is 2.12. The molecular weight excluding hydrogens is 298 g/mol. The molecule has 1 rings (SSSR count). The van der Waals surface area contributed by atoms with Crippen molar-refractivity contribution in [3.8, 4) is 0 Å². The van der Waals surface area contributed by atoms with E-state index in [1.165, 1.54) is 0 Å². The van der Waals surface area contributed by atoms with E-state index in [1.807, 2.05) is 13.8 Å². The lowest BCUT2D eigenvalue weighted by atomic mass is 10.2. The highest BCUT2D eigenvalue weighted by atomic mass is 32.2. The number of hydrogen-bond donors (Lipinski definition) is 2. The standard InChI is InChI=1S/C11H19N5O2S2/c1-4-7-8(5-2)14-15-11(13-7)16-20(17,18)9(6-3)10(12)19/h9H,4-6H2,1-3H3,(H2,12,19)(H,13,15,16). The molecule has 0 aliphatic rings. The number of aromatic nitrogens is 3. The molecule has 0 aromatic carbocycles. The summed E-state index contributed by atoms with van der Waals surface area (Å²) >= 11 is 4.77. The van der Waals surface area contributed by atoms with Crippen molar-refractivity contribution in [2.75, 3.05) is 4.72 Å². The summed E-state index contributed by atoms with van der Waals surface area (Å²) in [5.74, 6) is -0.0475. The highest BCUT2D eigenvalue weighted by Gasteiger charge is 2.27. The summed E-state index contributed by atoms with van der Waals surface area (Å²) in [6, 6.07) is 0. The first-order valence-corrected chi connectivity index (χ1v) is 8.34. The fourth-order valence-electron chi connectivity index (χ4n) is 1.75. The maximum Gasteiger partial charge on any atom is 0.256 e. The Morgan fingerprint density at radius 2 is 1.85 bits per heavy atom. The van der Waals surface area contributed by atoms with Crippen molar-refractivity contribution >= 4 is 33.2 Å². The molecule has 1 unspecified atom stereocenters. The smallest absolute Gasteiger partial charge is 0.256 e. The molecule has 7 nitrogen and oxygen atoms in total. The molecule has 0 aliphatic heterocycles. The number of nitrogens with two attached hydrogens (primary N) is 1. The second-order valence-corrected chi connectivity index (χ2v) is 6.52. The summed E-state index contributed by atoms with van der Waals surface area (Å²) < 4.78 is 26.6. The SMILES string of the molecule is CCc1nnc(NS(=O)(=O)C(CC)C(N)=S)nc1CC. The van der Waals surface area contributed by atoms with Crippen molar-refractivity contribution in [1.29, 1.82) is 0 Å². The molecule has 0 bridgehead atoms. The van der Waals surface area contributed by atoms with E-state index in [4.69, 9.17) is 18.0 Å². The van der Waals surface area contributed by atoms with Crippen molar-refractivity contribution in [3.05, 3.63) is 11.4 Å². The summed E-state index contributed by atoms with van der Waals surface area (Å²) in [7, 11) is -3.75. The molecule has 1 atom stereocenters. The number of rotatable bonds is 7. The first kappa shape index (κ1) is 16.7. The van der Waals surface area contributed by atoms with Gasteiger partial charge in [0.1, 0.15) is 5.25 Å². The van der Waals surface area contributed by atoms with Crippen molar-refractivity contribution in [2.45, 2.75) is 45.3 Å². The van der Waals surface area contributed by atoms with E-state index in [1.54, 1.807) is 6.92 Å². The average molecular weight is 317 g/mol. The lowest BCUT2D eigenvalue weighted by Crippen LogP contribution is -2.38. The first-order chi connectivity index (χ1) is 9.35. The molecule has 0 radical (unpaired) electrons. The summed E-state index contributed by atoms with van der Waals surface area (Å²) in [5.41, 5.74) is 6.93. The van der Waals surface area contributed by atoms with Gasteiger partial charge in [0.25, 0.3) is 5.95 Å². The number of sulfonamides is 1. The zero-order chi connectivity index (χ0) is 15.3. The Morgan fingerprint density at radius 1 is 1.25 bits per heavy atom. The normalized spacial score (nSPS) is 12.9. The van der Waals surface area contributed by atoms with Crippen LogP contribution in [0.25, 0.3) is 0 Å². The molecule has 0 amide bonds. The number of anilines is 1. The molecule has 112 valence electrons. The molecular formula is C11H19N5O2S2. The van der Waals surface area contributed by atoms with Gasteiger partial charge in [0, 0.05) is 0 Å². The van der Waals surface area contributed by atoms with Crippen LogP contribution in [0.2, 0.25) is 0 Å². The molecule has 0 aliphatic carbocycles. The van der Waals surface area contributed by atoms with Gasteiger partial charge in [-0.15, -0.1) is 10.2 Å². The van der Waals surface area contributed by atoms with Crippen LogP contribution in [-0.2, 0) is 22.9 Å². The van der Waals surface area contributed by atoms with Crippen LogP contribution >= 0.6 is 12.2 Å². The minimum absolute atomic E-state index is 0.0475. The summed E-state index contributed by atoms with van der Waals surface area (Å²) in [6.45, 7) is 5.56. The molecule has 9 heteroatoms. The number of nitrogens with zero attached hydrogens (tertiary/aromatic N) is 3. The predicted molar refractivity (Wildman–Crippen MR) is 82.0 cm³/mol. The van der Waals surface area contributed by atoms with Crippen molar-refractivity contribution < 1.29 is 8.42 Å². The molecule has 3 N–H and O–H groups in total. The third-order valence-electron chi connectivity index (χ3n) is 2.81. The lowest BCUT2D eigenvalue weighted by Gasteiger charge is -2.15. The Hall–Kier alpha value is -1.35. The molecule has 1 aromatic rings. The maximum absolute atomic E-state index is 12.1. The second kappa shape index (κ2) is 6.89. The fourth-order valence-corrected chi connectivity index (χ4v) is 3.53. The van der Waals surface area contributed by atoms with Crippen LogP contribution in [-0.4, -0.2) is 33.8 Å². The van der Waals surface area contributed by atoms with Gasteiger partial charge in [0.15, 0.2) is 0 Å². The van der Waals surface area contributed by atoms with Crippen LogP contribution < -0.4 is 10.5 Å². The summed E-state index contributed by atoms with van der Waals surface area (Å²) in [4.78, 5) is 4.10. The van der Waals surface area contributed by atoms with E-state index in [9.17, 15) is 8.42 Å². The van der Waals surface area contributed by atoms with E-state index in [-0.39, 0.29) is 17.4 Å². The van der Waals surface area contributed by atoms with Gasteiger partial charge in [-0.1, -0.05) is 33.0 Å². The monoisotopic (exact) mass is 317 g/mol. The van der Waals surface area contributed by atoms with Crippen LogP contribution in [0.15, 0.2) is 0 Å². The zero-order valence-electron chi connectivity index (χ0n) is 11.8. The summed E-state index contributed by atoms with van der Waals surface area (Å²) in [6.07, 6.45) is 1.63. The third-order valence-corrected chi connectivity index (χ3v) is 5.04. The molecule has 20 heavy (non-hydrogen) atoms. The number of hydrogen-bond acceptors (Lipinski definition) is 6. The molecule has 1 aromatic heterocycles. The zero-order valence-corrected chi connectivity index (χ0v) is 13.4. The van der Waals surface area contributed by atoms with Crippen LogP contribution in [0.4, 0.5) is 5.95 Å². The van der Waals surface area contributed by atoms with Crippen molar-refractivity contribution in [2.24, 2.45) is 5.73 Å². The van der Waals surface area contributed by atoms with Gasteiger partial charge in [-0.2, -0.15) is 0 Å². The number of thiocarbonyl (C=S) groups is 1. The Labute approximate surface area is 124 Å². The lowest BCUT2D eigenvalue weighted by molar-refractivity contribution is 0.593. The van der Waals surface area contributed by atoms with E-state index in [2.05, 4.69) is 19.9 Å². The van der Waals surface area contributed by atoms with Crippen LogP contribution in [0.3, 0.4) is 0 Å². The highest BCUT2D eigenvalue weighted by molar-refractivity contribution is 7.95. The second-order valence-electron chi connectivity index (χ2n) is 4.18. The Morgan fingerprint density at radius 3 is 2.30 bits per heavy atom. The number of nitrogens with one attached hydrogen (secondary N) is 1. The van der Waals surface area contributed by atoms with Gasteiger partial charge in [0.2, 0.25) is 10.0 Å². The Kier molecular flexibility index (Phi) is 5.75. The van der Waals surface area contributed by atoms with Crippen LogP contribution in [0.1, 0.15) is 38.6 Å². The first-order valence-electron chi connectivity index (χ1n) is 6.39. The molecule has 0 saturated heterocycles. The van der Waals surface area contributed by atoms with Crippen LogP contribution in [0, 0.1) is 0 Å². The fraction of sp³-hybridized carbons (Fsp3) is 0.636. The molecule has 0 spiro atoms. The van der Waals surface area contributed by atoms with Crippen molar-refractivity contribution in [3.63, 3.8) is 0 Å². The molecule has 0 saturated carbocycles. The van der Waals surface area contributed by atoms with Gasteiger partial charge < -0.3 is 5.73 Å². The van der Waals surface area contributed by atoms with E-state index in [0.717, 1.165) is 11.4 Å². The topological polar surface area (TPSA) is 111 Å². The van der Waals surface area contributed by atoms with Gasteiger partial charge in [0.05, 0.1) is 16.4 Å². The minimum atomic E-state index is -3.75. The molecule has 0 fully saturated rings. The largest absolute Gasteiger partial charge is 0.392 e.